The van der Waals surface area contributed by atoms with Crippen molar-refractivity contribution in [3.05, 3.63) is 33.4 Å². The van der Waals surface area contributed by atoms with Crippen molar-refractivity contribution < 1.29 is 13.3 Å². The van der Waals surface area contributed by atoms with Crippen LogP contribution in [0, 0.1) is 29.9 Å². The third-order valence-corrected chi connectivity index (χ3v) is 6.11. The van der Waals surface area contributed by atoms with E-state index in [0.29, 0.717) is 11.1 Å². The number of aryl methyl sites for hydroxylation is 2. The SMILES string of the molecule is Cc1cc([N+](=O)[O-])c(S(=O)(=O)NC(CN)C2CCCC2)cc1C.Cl. The molecule has 1 saturated carbocycles. The van der Waals surface area contributed by atoms with E-state index in [2.05, 4.69) is 4.72 Å². The Balaban J connectivity index is 0.00000288. The second kappa shape index (κ2) is 8.24. The molecule has 1 aromatic rings. The van der Waals surface area contributed by atoms with Crippen LogP contribution in [0.1, 0.15) is 36.8 Å². The van der Waals surface area contributed by atoms with Crippen molar-refractivity contribution in [1.29, 1.82) is 0 Å². The first-order chi connectivity index (χ1) is 10.8. The van der Waals surface area contributed by atoms with Gasteiger partial charge < -0.3 is 5.73 Å². The number of halogens is 1. The van der Waals surface area contributed by atoms with E-state index in [1.54, 1.807) is 13.8 Å². The summed E-state index contributed by atoms with van der Waals surface area (Å²) in [6.45, 7) is 3.63. The van der Waals surface area contributed by atoms with Gasteiger partial charge in [-0.15, -0.1) is 12.4 Å². The van der Waals surface area contributed by atoms with Crippen LogP contribution in [0.3, 0.4) is 0 Å². The van der Waals surface area contributed by atoms with Crippen LogP contribution in [-0.2, 0) is 10.0 Å². The Bertz CT molecular complexity index is 703. The molecule has 1 atom stereocenters. The fourth-order valence-corrected chi connectivity index (χ4v) is 4.65. The minimum atomic E-state index is -4.00. The maximum Gasteiger partial charge on any atom is 0.289 e. The summed E-state index contributed by atoms with van der Waals surface area (Å²) in [7, 11) is -4.00. The lowest BCUT2D eigenvalue weighted by atomic mass is 9.99. The second-order valence-corrected chi connectivity index (χ2v) is 7.85. The molecule has 0 bridgehead atoms. The summed E-state index contributed by atoms with van der Waals surface area (Å²) in [6, 6.07) is 2.28. The summed E-state index contributed by atoms with van der Waals surface area (Å²) in [6.07, 6.45) is 3.98. The molecule has 1 aromatic carbocycles. The average Bonchev–Trinajstić information content (AvgIpc) is 3.01. The topological polar surface area (TPSA) is 115 Å². The fourth-order valence-electron chi connectivity index (χ4n) is 3.09. The molecule has 9 heteroatoms. The highest BCUT2D eigenvalue weighted by Gasteiger charge is 2.32. The van der Waals surface area contributed by atoms with Gasteiger partial charge in [-0.25, -0.2) is 13.1 Å². The second-order valence-electron chi connectivity index (χ2n) is 6.17. The van der Waals surface area contributed by atoms with Gasteiger partial charge in [0.05, 0.1) is 4.92 Å². The molecule has 0 amide bonds. The number of hydrogen-bond acceptors (Lipinski definition) is 5. The summed E-state index contributed by atoms with van der Waals surface area (Å²) < 4.78 is 27.9. The first-order valence-electron chi connectivity index (χ1n) is 7.74. The third kappa shape index (κ3) is 4.44. The van der Waals surface area contributed by atoms with Crippen LogP contribution in [0.5, 0.6) is 0 Å². The minimum Gasteiger partial charge on any atom is -0.329 e. The van der Waals surface area contributed by atoms with Crippen LogP contribution in [0.15, 0.2) is 17.0 Å². The Morgan fingerprint density at radius 1 is 1.29 bits per heavy atom. The van der Waals surface area contributed by atoms with Crippen LogP contribution in [-0.4, -0.2) is 25.9 Å². The molecule has 0 aliphatic heterocycles. The number of nitrogens with two attached hydrogens (primary N) is 1. The van der Waals surface area contributed by atoms with Crippen molar-refractivity contribution in [2.45, 2.75) is 50.5 Å². The van der Waals surface area contributed by atoms with E-state index >= 15 is 0 Å². The van der Waals surface area contributed by atoms with Crippen LogP contribution in [0.2, 0.25) is 0 Å². The molecule has 1 unspecified atom stereocenters. The van der Waals surface area contributed by atoms with E-state index in [1.165, 1.54) is 12.1 Å². The lowest BCUT2D eigenvalue weighted by Crippen LogP contribution is -2.44. The van der Waals surface area contributed by atoms with E-state index in [9.17, 15) is 18.5 Å². The Hall–Kier alpha value is -1.22. The fraction of sp³-hybridized carbons (Fsp3) is 0.600. The molecular formula is C15H24ClN3O4S. The Morgan fingerprint density at radius 3 is 2.33 bits per heavy atom. The van der Waals surface area contributed by atoms with Gasteiger partial charge in [0.2, 0.25) is 10.0 Å². The molecule has 0 saturated heterocycles. The van der Waals surface area contributed by atoms with E-state index in [1.807, 2.05) is 0 Å². The number of hydrogen-bond donors (Lipinski definition) is 2. The number of nitrogens with zero attached hydrogens (tertiary/aromatic N) is 1. The maximum atomic E-state index is 12.7. The molecule has 1 aliphatic rings. The molecule has 7 nitrogen and oxygen atoms in total. The molecule has 24 heavy (non-hydrogen) atoms. The quantitative estimate of drug-likeness (QED) is 0.583. The molecule has 3 N–H and O–H groups in total. The van der Waals surface area contributed by atoms with Crippen LogP contribution >= 0.6 is 12.4 Å². The van der Waals surface area contributed by atoms with Gasteiger partial charge in [-0.1, -0.05) is 12.8 Å². The van der Waals surface area contributed by atoms with Crippen LogP contribution < -0.4 is 10.5 Å². The minimum absolute atomic E-state index is 0. The third-order valence-electron chi connectivity index (χ3n) is 4.59. The summed E-state index contributed by atoms with van der Waals surface area (Å²) in [4.78, 5) is 10.3. The normalized spacial score (nSPS) is 16.6. The van der Waals surface area contributed by atoms with Gasteiger partial charge in [0.15, 0.2) is 4.90 Å². The van der Waals surface area contributed by atoms with Gasteiger partial charge in [0.1, 0.15) is 0 Å². The van der Waals surface area contributed by atoms with Crippen LogP contribution in [0.25, 0.3) is 0 Å². The van der Waals surface area contributed by atoms with Crippen LogP contribution in [0.4, 0.5) is 5.69 Å². The number of benzene rings is 1. The van der Waals surface area contributed by atoms with E-state index in [4.69, 9.17) is 5.73 Å². The van der Waals surface area contributed by atoms with Crippen molar-refractivity contribution in [2.24, 2.45) is 11.7 Å². The van der Waals surface area contributed by atoms with Gasteiger partial charge in [-0.2, -0.15) is 0 Å². The smallest absolute Gasteiger partial charge is 0.289 e. The molecule has 0 radical (unpaired) electrons. The van der Waals surface area contributed by atoms with Gasteiger partial charge in [-0.3, -0.25) is 10.1 Å². The lowest BCUT2D eigenvalue weighted by molar-refractivity contribution is -0.387. The standard InChI is InChI=1S/C15H23N3O4S.ClH/c1-10-7-14(18(19)20)15(8-11(10)2)23(21,22)17-13(9-16)12-5-3-4-6-12;/h7-8,12-13,17H,3-6,9,16H2,1-2H3;1H. The van der Waals surface area contributed by atoms with Crippen molar-refractivity contribution in [3.63, 3.8) is 0 Å². The van der Waals surface area contributed by atoms with Gasteiger partial charge in [0.25, 0.3) is 5.69 Å². The van der Waals surface area contributed by atoms with Gasteiger partial charge in [-0.05, 0) is 49.8 Å². The predicted molar refractivity (Wildman–Crippen MR) is 94.9 cm³/mol. The van der Waals surface area contributed by atoms with E-state index in [0.717, 1.165) is 25.7 Å². The summed E-state index contributed by atoms with van der Waals surface area (Å²) in [5.74, 6) is 0.195. The van der Waals surface area contributed by atoms with Crippen molar-refractivity contribution in [2.75, 3.05) is 6.54 Å². The number of nitro benzene ring substituents is 1. The molecule has 0 spiro atoms. The van der Waals surface area contributed by atoms with Crippen molar-refractivity contribution in [3.8, 4) is 0 Å². The largest absolute Gasteiger partial charge is 0.329 e. The number of nitro groups is 1. The summed E-state index contributed by atoms with van der Waals surface area (Å²) in [5.41, 5.74) is 6.71. The Kier molecular flexibility index (Phi) is 7.15. The van der Waals surface area contributed by atoms with Gasteiger partial charge >= 0.3 is 0 Å². The number of rotatable bonds is 6. The predicted octanol–water partition coefficient (Wildman–Crippen LogP) is 2.43. The molecule has 136 valence electrons. The molecule has 0 heterocycles. The molecule has 0 aromatic heterocycles. The average molecular weight is 378 g/mol. The van der Waals surface area contributed by atoms with Crippen molar-refractivity contribution in [1.82, 2.24) is 4.72 Å². The summed E-state index contributed by atoms with van der Waals surface area (Å²) >= 11 is 0. The zero-order chi connectivity index (χ0) is 17.2. The van der Waals surface area contributed by atoms with E-state index in [-0.39, 0.29) is 35.8 Å². The zero-order valence-corrected chi connectivity index (χ0v) is 15.5. The molecule has 1 fully saturated rings. The highest BCUT2D eigenvalue weighted by Crippen LogP contribution is 2.30. The van der Waals surface area contributed by atoms with Gasteiger partial charge in [0, 0.05) is 18.7 Å². The monoisotopic (exact) mass is 377 g/mol. The highest BCUT2D eigenvalue weighted by atomic mass is 35.5. The summed E-state index contributed by atoms with van der Waals surface area (Å²) in [5, 5.41) is 11.2. The first kappa shape index (κ1) is 20.8. The Labute approximate surface area is 148 Å². The highest BCUT2D eigenvalue weighted by molar-refractivity contribution is 7.89. The zero-order valence-electron chi connectivity index (χ0n) is 13.8. The number of sulfonamides is 1. The maximum absolute atomic E-state index is 12.7. The molecule has 2 rings (SSSR count). The number of nitrogens with one attached hydrogen (secondary N) is 1. The van der Waals surface area contributed by atoms with Crippen molar-refractivity contribution >= 4 is 28.1 Å². The Morgan fingerprint density at radius 2 is 1.83 bits per heavy atom. The first-order valence-corrected chi connectivity index (χ1v) is 9.22. The lowest BCUT2D eigenvalue weighted by Gasteiger charge is -2.23. The van der Waals surface area contributed by atoms with E-state index < -0.39 is 20.6 Å². The molecule has 1 aliphatic carbocycles. The molecular weight excluding hydrogens is 354 g/mol.